The van der Waals surface area contributed by atoms with Crippen molar-refractivity contribution in [1.82, 2.24) is 4.90 Å². The van der Waals surface area contributed by atoms with Crippen LogP contribution in [0.2, 0.25) is 0 Å². The van der Waals surface area contributed by atoms with Crippen LogP contribution in [-0.4, -0.2) is 51.8 Å². The van der Waals surface area contributed by atoms with E-state index in [1.165, 1.54) is 14.2 Å². The fourth-order valence-corrected chi connectivity index (χ4v) is 1.08. The number of hydrogen-bond donors (Lipinski definition) is 0. The molecule has 0 bridgehead atoms. The summed E-state index contributed by atoms with van der Waals surface area (Å²) >= 11 is 0. The molecule has 80 valence electrons. The van der Waals surface area contributed by atoms with Crippen LogP contribution in [0.4, 0.5) is 0 Å². The number of hydrogen-bond acceptors (Lipinski definition) is 4. The van der Waals surface area contributed by atoms with E-state index in [-0.39, 0.29) is 31.0 Å². The van der Waals surface area contributed by atoms with Crippen LogP contribution >= 0.6 is 0 Å². The fourth-order valence-electron chi connectivity index (χ4n) is 1.08. The maximum absolute atomic E-state index is 10.7. The van der Waals surface area contributed by atoms with Crippen LogP contribution in [0, 0.1) is 0 Å². The van der Waals surface area contributed by atoms with Crippen LogP contribution in [0.15, 0.2) is 0 Å². The molecule has 0 aromatic heterocycles. The molecule has 0 amide bonds. The molecule has 0 aromatic carbocycles. The minimum atomic E-state index is -1.05. The zero-order valence-electron chi connectivity index (χ0n) is 10.9. The van der Waals surface area contributed by atoms with Gasteiger partial charge in [0.05, 0.1) is 0 Å². The summed E-state index contributed by atoms with van der Waals surface area (Å²) in [5.74, 6) is -1.05. The van der Waals surface area contributed by atoms with Crippen LogP contribution in [0.5, 0.6) is 0 Å². The second kappa shape index (κ2) is 8.83. The van der Waals surface area contributed by atoms with Crippen molar-refractivity contribution in [3.8, 4) is 0 Å². The van der Waals surface area contributed by atoms with Crippen LogP contribution in [0.1, 0.15) is 14.3 Å². The Balaban J connectivity index is -0.000000720. The minimum absolute atomic E-state index is 0. The largest absolute Gasteiger partial charge is 1.00 e. The monoisotopic (exact) mass is 213 g/mol. The van der Waals surface area contributed by atoms with E-state index in [1.807, 2.05) is 14.1 Å². The molecule has 0 aliphatic rings. The third-order valence-corrected chi connectivity index (χ3v) is 2.00. The predicted octanol–water partition coefficient (Wildman–Crippen LogP) is -2.37. The second-order valence-electron chi connectivity index (χ2n) is 3.24. The average molecular weight is 213 g/mol. The Morgan fingerprint density at radius 2 is 1.86 bits per heavy atom. The van der Waals surface area contributed by atoms with Gasteiger partial charge < -0.3 is 15.8 Å². The molecule has 0 unspecified atom stereocenters. The quantitative estimate of drug-likeness (QED) is 0.269. The van der Waals surface area contributed by atoms with E-state index in [4.69, 9.17) is 9.47 Å². The molecule has 4 nitrogen and oxygen atoms in total. The van der Waals surface area contributed by atoms with Gasteiger partial charge in [-0.05, 0) is 27.1 Å². The van der Waals surface area contributed by atoms with Crippen molar-refractivity contribution in [2.45, 2.75) is 18.6 Å². The van der Waals surface area contributed by atoms with Crippen molar-refractivity contribution in [1.29, 1.82) is 0 Å². The van der Waals surface area contributed by atoms with Crippen molar-refractivity contribution in [2.75, 3.05) is 34.9 Å². The van der Waals surface area contributed by atoms with Gasteiger partial charge in [-0.3, -0.25) is 4.79 Å². The van der Waals surface area contributed by atoms with Gasteiger partial charge in [-0.1, -0.05) is 0 Å². The van der Waals surface area contributed by atoms with Gasteiger partial charge in [-0.15, -0.1) is 0 Å². The van der Waals surface area contributed by atoms with Gasteiger partial charge in [0, 0.05) is 20.6 Å². The Hall–Kier alpha value is 0.550. The summed E-state index contributed by atoms with van der Waals surface area (Å²) < 4.78 is 10.0. The summed E-state index contributed by atoms with van der Waals surface area (Å²) in [5, 5.41) is 0. The zero-order valence-corrected chi connectivity index (χ0v) is 11.9. The normalized spacial score (nSPS) is 11.2. The fraction of sp³-hybridized carbons (Fsp3) is 0.889. The van der Waals surface area contributed by atoms with Crippen molar-refractivity contribution < 1.29 is 45.3 Å². The van der Waals surface area contributed by atoms with Gasteiger partial charge >= 0.3 is 29.6 Å². The maximum atomic E-state index is 10.7. The Bertz CT molecular complexity index is 154. The summed E-state index contributed by atoms with van der Waals surface area (Å²) in [6.07, 6.45) is 2.16. The Morgan fingerprint density at radius 3 is 2.14 bits per heavy atom. The third kappa shape index (κ3) is 6.11. The van der Waals surface area contributed by atoms with Gasteiger partial charge in [0.1, 0.15) is 0 Å². The Morgan fingerprint density at radius 1 is 1.36 bits per heavy atom. The first kappa shape index (κ1) is 17.0. The number of aldehydes is 1. The molecule has 0 heterocycles. The molecule has 0 aliphatic carbocycles. The van der Waals surface area contributed by atoms with Crippen LogP contribution < -0.4 is 29.6 Å². The zero-order chi connectivity index (χ0) is 10.3. The van der Waals surface area contributed by atoms with Crippen molar-refractivity contribution in [3.05, 3.63) is 0 Å². The van der Waals surface area contributed by atoms with Crippen molar-refractivity contribution >= 4 is 6.29 Å². The maximum Gasteiger partial charge on any atom is 1.00 e. The van der Waals surface area contributed by atoms with E-state index in [9.17, 15) is 4.79 Å². The Kier molecular flexibility index (Phi) is 10.7. The molecule has 0 spiro atoms. The van der Waals surface area contributed by atoms with Crippen LogP contribution in [-0.2, 0) is 14.3 Å². The first-order chi connectivity index (χ1) is 6.10. The number of nitrogens with zero attached hydrogens (tertiary/aromatic N) is 1. The van der Waals surface area contributed by atoms with E-state index in [0.29, 0.717) is 12.7 Å². The van der Waals surface area contributed by atoms with E-state index < -0.39 is 5.79 Å². The van der Waals surface area contributed by atoms with Gasteiger partial charge in [-0.2, -0.15) is 0 Å². The third-order valence-electron chi connectivity index (χ3n) is 2.00. The van der Waals surface area contributed by atoms with Crippen molar-refractivity contribution in [3.63, 3.8) is 0 Å². The molecule has 0 saturated carbocycles. The topological polar surface area (TPSA) is 38.8 Å². The number of carbonyl (C=O) groups excluding carboxylic acids is 1. The smallest absolute Gasteiger partial charge is 1.00 e. The summed E-state index contributed by atoms with van der Waals surface area (Å²) in [6.45, 7) is 0.919. The first-order valence-corrected chi connectivity index (χ1v) is 4.31. The first-order valence-electron chi connectivity index (χ1n) is 4.31. The standard InChI is InChI=1S/C9H19NO3.Na.H/c1-10(2)7-5-6-9(8-11,12-3)13-4;;/h8H,5-7H2,1-4H3;;/q;+1;-1. The molecule has 0 aliphatic heterocycles. The number of rotatable bonds is 7. The van der Waals surface area contributed by atoms with E-state index in [1.54, 1.807) is 0 Å². The van der Waals surface area contributed by atoms with Crippen LogP contribution in [0.3, 0.4) is 0 Å². The molecule has 0 fully saturated rings. The molecule has 0 atom stereocenters. The molecule has 0 radical (unpaired) electrons. The number of ether oxygens (including phenoxy) is 2. The van der Waals surface area contributed by atoms with E-state index >= 15 is 0 Å². The molecule has 0 aromatic rings. The summed E-state index contributed by atoms with van der Waals surface area (Å²) in [4.78, 5) is 12.8. The molecule has 5 heteroatoms. The van der Waals surface area contributed by atoms with E-state index in [2.05, 4.69) is 4.90 Å². The minimum Gasteiger partial charge on any atom is -1.00 e. The van der Waals surface area contributed by atoms with Gasteiger partial charge in [0.2, 0.25) is 5.79 Å². The molecule has 0 N–H and O–H groups in total. The van der Waals surface area contributed by atoms with Gasteiger partial charge in [0.15, 0.2) is 6.29 Å². The van der Waals surface area contributed by atoms with Crippen LogP contribution in [0.25, 0.3) is 0 Å². The second-order valence-corrected chi connectivity index (χ2v) is 3.24. The summed E-state index contributed by atoms with van der Waals surface area (Å²) in [6, 6.07) is 0. The Labute approximate surface area is 110 Å². The summed E-state index contributed by atoms with van der Waals surface area (Å²) in [7, 11) is 6.94. The average Bonchev–Trinajstić information content (AvgIpc) is 2.13. The van der Waals surface area contributed by atoms with Gasteiger partial charge in [-0.25, -0.2) is 0 Å². The molecule has 14 heavy (non-hydrogen) atoms. The number of methoxy groups -OCH3 is 2. The molecular weight excluding hydrogens is 193 g/mol. The van der Waals surface area contributed by atoms with Gasteiger partial charge in [0.25, 0.3) is 0 Å². The molecule has 0 rings (SSSR count). The van der Waals surface area contributed by atoms with Crippen molar-refractivity contribution in [2.24, 2.45) is 0 Å². The van der Waals surface area contributed by atoms with E-state index in [0.717, 1.165) is 13.0 Å². The number of carbonyl (C=O) groups is 1. The molecular formula is C9H20NNaO3. The SMILES string of the molecule is COC(C=O)(CCCN(C)C)OC.[H-].[Na+]. The predicted molar refractivity (Wildman–Crippen MR) is 51.7 cm³/mol. The molecule has 0 saturated heterocycles. The summed E-state index contributed by atoms with van der Waals surface area (Å²) in [5.41, 5.74) is 0.